The van der Waals surface area contributed by atoms with E-state index in [4.69, 9.17) is 9.47 Å². The molecular weight excluding hydrogens is 462 g/mol. The van der Waals surface area contributed by atoms with Crippen LogP contribution in [0.15, 0.2) is 47.3 Å². The number of allylic oxidation sites excluding steroid dienone is 5. The van der Waals surface area contributed by atoms with Crippen molar-refractivity contribution in [2.24, 2.45) is 10.8 Å². The summed E-state index contributed by atoms with van der Waals surface area (Å²) in [6.45, 7) is 20.4. The number of benzene rings is 1. The average Bonchev–Trinajstić information content (AvgIpc) is 2.78. The number of ketones is 2. The number of carbonyl (C=O) groups is 2. The first kappa shape index (κ1) is 27.2. The molecule has 0 saturated heterocycles. The Morgan fingerprint density at radius 1 is 0.892 bits per heavy atom. The zero-order valence-electron chi connectivity index (χ0n) is 23.8. The molecule has 0 saturated carbocycles. The van der Waals surface area contributed by atoms with E-state index >= 15 is 0 Å². The molecule has 37 heavy (non-hydrogen) atoms. The molecule has 5 nitrogen and oxygen atoms in total. The van der Waals surface area contributed by atoms with Crippen molar-refractivity contribution in [3.63, 3.8) is 0 Å². The molecule has 4 rings (SSSR count). The van der Waals surface area contributed by atoms with Gasteiger partial charge in [0.2, 0.25) is 0 Å². The van der Waals surface area contributed by atoms with E-state index in [1.807, 2.05) is 26.0 Å². The number of Topliss-reactive ketones (excluding diaryl/α,β-unsaturated/α-hetero) is 2. The highest BCUT2D eigenvalue weighted by Crippen LogP contribution is 2.55. The topological polar surface area (TPSA) is 55.8 Å². The molecule has 5 heteroatoms. The second-order valence-electron chi connectivity index (χ2n) is 12.1. The zero-order chi connectivity index (χ0) is 27.1. The smallest absolute Gasteiger partial charge is 0.164 e. The Bertz CT molecular complexity index is 1130. The number of hydrogen-bond donors (Lipinski definition) is 0. The highest BCUT2D eigenvalue weighted by Gasteiger charge is 2.48. The van der Waals surface area contributed by atoms with Gasteiger partial charge in [-0.1, -0.05) is 39.8 Å². The lowest BCUT2D eigenvalue weighted by Crippen LogP contribution is -2.44. The molecule has 1 heterocycles. The Kier molecular flexibility index (Phi) is 7.47. The first-order valence-corrected chi connectivity index (χ1v) is 13.8. The summed E-state index contributed by atoms with van der Waals surface area (Å²) < 4.78 is 12.1. The fourth-order valence-corrected chi connectivity index (χ4v) is 6.49. The van der Waals surface area contributed by atoms with Crippen LogP contribution in [0.1, 0.15) is 91.2 Å². The fraction of sp³-hybridized carbons (Fsp3) is 0.562. The number of hydrogen-bond acceptors (Lipinski definition) is 5. The van der Waals surface area contributed by atoms with Crippen molar-refractivity contribution in [2.45, 2.75) is 86.5 Å². The van der Waals surface area contributed by atoms with Gasteiger partial charge in [-0.2, -0.15) is 0 Å². The van der Waals surface area contributed by atoms with Crippen LogP contribution >= 0.6 is 0 Å². The lowest BCUT2D eigenvalue weighted by Gasteiger charge is -2.49. The maximum atomic E-state index is 13.9. The highest BCUT2D eigenvalue weighted by molar-refractivity contribution is 6.06. The van der Waals surface area contributed by atoms with Crippen molar-refractivity contribution in [2.75, 3.05) is 19.8 Å². The van der Waals surface area contributed by atoms with Crippen LogP contribution in [-0.4, -0.2) is 36.2 Å². The fourth-order valence-electron chi connectivity index (χ4n) is 6.49. The Balaban J connectivity index is 2.03. The van der Waals surface area contributed by atoms with Gasteiger partial charge >= 0.3 is 0 Å². The van der Waals surface area contributed by atoms with E-state index < -0.39 is 5.92 Å². The molecule has 0 bridgehead atoms. The lowest BCUT2D eigenvalue weighted by atomic mass is 9.63. The summed E-state index contributed by atoms with van der Waals surface area (Å²) in [6, 6.07) is 4.11. The molecule has 0 aromatic heterocycles. The average molecular weight is 506 g/mol. The molecule has 1 aromatic carbocycles. The van der Waals surface area contributed by atoms with Crippen molar-refractivity contribution < 1.29 is 19.1 Å². The monoisotopic (exact) mass is 505 g/mol. The SMILES string of the molecule is C=CCc1cc(C2C3=C(CC(C)(C)CC3=O)N(CC)C3=C2C(=O)CC(C)(C)C3)cc(OCC)c1OCC. The normalized spacial score (nSPS) is 21.1. The predicted molar refractivity (Wildman–Crippen MR) is 148 cm³/mol. The minimum atomic E-state index is -0.390. The first-order chi connectivity index (χ1) is 17.5. The van der Waals surface area contributed by atoms with Gasteiger partial charge in [-0.25, -0.2) is 0 Å². The lowest BCUT2D eigenvalue weighted by molar-refractivity contribution is -0.119. The van der Waals surface area contributed by atoms with Crippen LogP contribution in [0.5, 0.6) is 11.5 Å². The van der Waals surface area contributed by atoms with E-state index in [1.165, 1.54) is 0 Å². The minimum Gasteiger partial charge on any atom is -0.490 e. The highest BCUT2D eigenvalue weighted by atomic mass is 16.5. The third-order valence-electron chi connectivity index (χ3n) is 7.78. The number of ether oxygens (including phenoxy) is 2. The van der Waals surface area contributed by atoms with Gasteiger partial charge in [-0.3, -0.25) is 9.59 Å². The van der Waals surface area contributed by atoms with Crippen LogP contribution in [0.25, 0.3) is 0 Å². The second-order valence-corrected chi connectivity index (χ2v) is 12.1. The van der Waals surface area contributed by atoms with Gasteiger partial charge in [0.05, 0.1) is 13.2 Å². The van der Waals surface area contributed by atoms with Crippen molar-refractivity contribution in [3.8, 4) is 11.5 Å². The molecule has 200 valence electrons. The maximum Gasteiger partial charge on any atom is 0.164 e. The summed E-state index contributed by atoms with van der Waals surface area (Å²) >= 11 is 0. The van der Waals surface area contributed by atoms with Crippen molar-refractivity contribution in [3.05, 3.63) is 58.5 Å². The Morgan fingerprint density at radius 2 is 1.43 bits per heavy atom. The molecule has 3 aliphatic rings. The summed E-state index contributed by atoms with van der Waals surface area (Å²) in [5.41, 5.74) is 5.43. The van der Waals surface area contributed by atoms with Crippen LogP contribution in [0, 0.1) is 10.8 Å². The summed E-state index contributed by atoms with van der Waals surface area (Å²) in [7, 11) is 0. The van der Waals surface area contributed by atoms with Gasteiger partial charge in [-0.15, -0.1) is 6.58 Å². The molecule has 1 aromatic rings. The standard InChI is InChI=1S/C32H43NO4/c1-9-13-20-14-21(15-26(36-11-3)30(20)37-12-4)27-28-22(16-31(5,6)18-24(28)34)33(10-2)23-17-32(7,8)19-25(35)29(23)27/h9,14-15,27H,1,10-13,16-19H2,2-8H3. The number of rotatable bonds is 8. The molecule has 0 unspecified atom stereocenters. The van der Waals surface area contributed by atoms with Gasteiger partial charge in [-0.05, 0) is 62.5 Å². The maximum absolute atomic E-state index is 13.9. The Hall–Kier alpha value is -2.82. The Labute approximate surface area is 222 Å². The van der Waals surface area contributed by atoms with Gasteiger partial charge < -0.3 is 14.4 Å². The van der Waals surface area contributed by atoms with Crippen molar-refractivity contribution in [1.82, 2.24) is 4.90 Å². The molecule has 0 amide bonds. The quantitative estimate of drug-likeness (QED) is 0.359. The molecule has 0 atom stereocenters. The van der Waals surface area contributed by atoms with Gasteiger partial charge in [0.1, 0.15) is 0 Å². The van der Waals surface area contributed by atoms with Gasteiger partial charge in [0, 0.05) is 53.4 Å². The van der Waals surface area contributed by atoms with E-state index in [-0.39, 0.29) is 22.4 Å². The second kappa shape index (κ2) is 10.2. The molecule has 0 spiro atoms. The summed E-state index contributed by atoms with van der Waals surface area (Å²) in [6.07, 6.45) is 5.07. The first-order valence-electron chi connectivity index (χ1n) is 13.8. The van der Waals surface area contributed by atoms with E-state index in [2.05, 4.69) is 52.2 Å². The summed E-state index contributed by atoms with van der Waals surface area (Å²) in [5.74, 6) is 1.29. The molecule has 1 aliphatic heterocycles. The molecule has 0 fully saturated rings. The van der Waals surface area contributed by atoms with Gasteiger partial charge in [0.25, 0.3) is 0 Å². The van der Waals surface area contributed by atoms with Crippen LogP contribution < -0.4 is 9.47 Å². The molecule has 2 aliphatic carbocycles. The molecule has 0 N–H and O–H groups in total. The Morgan fingerprint density at radius 3 is 1.89 bits per heavy atom. The van der Waals surface area contributed by atoms with Gasteiger partial charge in [0.15, 0.2) is 23.1 Å². The van der Waals surface area contributed by atoms with Crippen LogP contribution in [-0.2, 0) is 16.0 Å². The predicted octanol–water partition coefficient (Wildman–Crippen LogP) is 6.92. The van der Waals surface area contributed by atoms with Crippen LogP contribution in [0.4, 0.5) is 0 Å². The van der Waals surface area contributed by atoms with E-state index in [0.717, 1.165) is 58.8 Å². The molecular formula is C32H43NO4. The van der Waals surface area contributed by atoms with E-state index in [0.29, 0.717) is 38.2 Å². The van der Waals surface area contributed by atoms with E-state index in [1.54, 1.807) is 0 Å². The molecule has 0 radical (unpaired) electrons. The third-order valence-corrected chi connectivity index (χ3v) is 7.78. The third kappa shape index (κ3) is 5.02. The number of nitrogens with zero attached hydrogens (tertiary/aromatic N) is 1. The van der Waals surface area contributed by atoms with Crippen LogP contribution in [0.3, 0.4) is 0 Å². The number of carbonyl (C=O) groups excluding carboxylic acids is 2. The van der Waals surface area contributed by atoms with E-state index in [9.17, 15) is 9.59 Å². The van der Waals surface area contributed by atoms with Crippen molar-refractivity contribution >= 4 is 11.6 Å². The largest absolute Gasteiger partial charge is 0.490 e. The zero-order valence-corrected chi connectivity index (χ0v) is 23.8. The van der Waals surface area contributed by atoms with Crippen LogP contribution in [0.2, 0.25) is 0 Å². The van der Waals surface area contributed by atoms with Crippen molar-refractivity contribution in [1.29, 1.82) is 0 Å². The summed E-state index contributed by atoms with van der Waals surface area (Å²) in [4.78, 5) is 30.1. The summed E-state index contributed by atoms with van der Waals surface area (Å²) in [5, 5.41) is 0. The minimum absolute atomic E-state index is 0.122.